The third-order valence-electron chi connectivity index (χ3n) is 3.21. The molecule has 0 aromatic rings. The van der Waals surface area contributed by atoms with Crippen molar-refractivity contribution < 1.29 is 39.5 Å². The largest absolute Gasteiger partial charge is 0.480 e. The van der Waals surface area contributed by atoms with E-state index < -0.39 is 42.5 Å². The number of carbonyl (C=O) groups is 4. The summed E-state index contributed by atoms with van der Waals surface area (Å²) >= 11 is 0. The Hall–Kier alpha value is -2.68. The van der Waals surface area contributed by atoms with Crippen molar-refractivity contribution in [2.45, 2.75) is 38.8 Å². The third kappa shape index (κ3) is 8.11. The van der Waals surface area contributed by atoms with E-state index in [9.17, 15) is 19.2 Å². The Labute approximate surface area is 145 Å². The molecule has 9 heteroatoms. The number of hydrogen-bond donors (Lipinski definition) is 3. The minimum absolute atomic E-state index is 0.188. The zero-order chi connectivity index (χ0) is 19.6. The third-order valence-corrected chi connectivity index (χ3v) is 3.21. The van der Waals surface area contributed by atoms with Crippen LogP contribution in [-0.4, -0.2) is 54.2 Å². The zero-order valence-corrected chi connectivity index (χ0v) is 14.5. The first-order valence-electron chi connectivity index (χ1n) is 7.69. The minimum atomic E-state index is -1.45. The van der Waals surface area contributed by atoms with Crippen molar-refractivity contribution in [2.75, 3.05) is 13.2 Å². The Morgan fingerprint density at radius 2 is 1.44 bits per heavy atom. The van der Waals surface area contributed by atoms with Crippen LogP contribution in [0.2, 0.25) is 0 Å². The molecule has 0 aromatic carbocycles. The summed E-state index contributed by atoms with van der Waals surface area (Å²) in [6, 6.07) is -2.48. The highest BCUT2D eigenvalue weighted by atomic mass is 16.5. The molecule has 2 atom stereocenters. The SMILES string of the molecule is C=C(CC)C(=O)OC[C@H](NC(=O)[C@@H]([NH3+])COC(=O)C(=C)CC)C(=O)O. The van der Waals surface area contributed by atoms with Crippen molar-refractivity contribution in [1.29, 1.82) is 0 Å². The molecular formula is C16H25N2O7+. The van der Waals surface area contributed by atoms with Gasteiger partial charge in [0.2, 0.25) is 0 Å². The van der Waals surface area contributed by atoms with Gasteiger partial charge in [0.1, 0.15) is 6.61 Å². The summed E-state index contributed by atoms with van der Waals surface area (Å²) in [5, 5.41) is 11.3. The Morgan fingerprint density at radius 1 is 1.00 bits per heavy atom. The van der Waals surface area contributed by atoms with Crippen molar-refractivity contribution in [3.05, 3.63) is 24.3 Å². The Morgan fingerprint density at radius 3 is 1.84 bits per heavy atom. The molecule has 0 bridgehead atoms. The molecule has 0 fully saturated rings. The van der Waals surface area contributed by atoms with E-state index in [1.165, 1.54) is 0 Å². The summed E-state index contributed by atoms with van der Waals surface area (Å²) < 4.78 is 9.65. The standard InChI is InChI=1S/C16H24N2O7/c1-5-9(3)15(22)24-7-11(17)13(19)18-12(14(20)21)8-25-16(23)10(4)6-2/h11-12H,3-8,17H2,1-2H3,(H,18,19)(H,20,21)/p+1/t11-,12-/m0/s1. The lowest BCUT2D eigenvalue weighted by Crippen LogP contribution is -2.70. The van der Waals surface area contributed by atoms with Gasteiger partial charge in [-0.15, -0.1) is 0 Å². The average Bonchev–Trinajstić information content (AvgIpc) is 2.60. The number of nitrogens with one attached hydrogen (secondary N) is 1. The molecule has 0 saturated carbocycles. The van der Waals surface area contributed by atoms with Crippen LogP contribution in [0.3, 0.4) is 0 Å². The van der Waals surface area contributed by atoms with E-state index in [1.807, 2.05) is 0 Å². The van der Waals surface area contributed by atoms with Gasteiger partial charge in [-0.1, -0.05) is 27.0 Å². The van der Waals surface area contributed by atoms with Crippen LogP contribution in [-0.2, 0) is 28.7 Å². The number of rotatable bonds is 11. The highest BCUT2D eigenvalue weighted by molar-refractivity contribution is 5.90. The topological polar surface area (TPSA) is 147 Å². The number of aliphatic carboxylic acids is 1. The Kier molecular flexibility index (Phi) is 9.80. The fourth-order valence-electron chi connectivity index (χ4n) is 1.37. The van der Waals surface area contributed by atoms with Crippen LogP contribution in [0, 0.1) is 0 Å². The van der Waals surface area contributed by atoms with Crippen LogP contribution in [0.4, 0.5) is 0 Å². The molecular weight excluding hydrogens is 332 g/mol. The maximum atomic E-state index is 11.9. The lowest BCUT2D eigenvalue weighted by Gasteiger charge is -2.16. The average molecular weight is 357 g/mol. The van der Waals surface area contributed by atoms with Crippen molar-refractivity contribution in [3.8, 4) is 0 Å². The highest BCUT2D eigenvalue weighted by Crippen LogP contribution is 2.01. The molecule has 5 N–H and O–H groups in total. The second kappa shape index (κ2) is 11.0. The molecule has 9 nitrogen and oxygen atoms in total. The van der Waals surface area contributed by atoms with E-state index in [4.69, 9.17) is 14.6 Å². The first-order chi connectivity index (χ1) is 11.6. The molecule has 0 unspecified atom stereocenters. The molecule has 140 valence electrons. The minimum Gasteiger partial charge on any atom is -0.480 e. The molecule has 0 saturated heterocycles. The first kappa shape index (κ1) is 22.3. The summed E-state index contributed by atoms with van der Waals surface area (Å²) in [7, 11) is 0. The monoisotopic (exact) mass is 357 g/mol. The van der Waals surface area contributed by atoms with E-state index in [0.717, 1.165) is 0 Å². The van der Waals surface area contributed by atoms with Crippen molar-refractivity contribution in [3.63, 3.8) is 0 Å². The first-order valence-corrected chi connectivity index (χ1v) is 7.69. The quantitative estimate of drug-likeness (QED) is 0.323. The van der Waals surface area contributed by atoms with Gasteiger partial charge < -0.3 is 25.6 Å². The van der Waals surface area contributed by atoms with E-state index in [-0.39, 0.29) is 17.8 Å². The van der Waals surface area contributed by atoms with Crippen LogP contribution in [0.1, 0.15) is 26.7 Å². The number of carboxylic acids is 1. The van der Waals surface area contributed by atoms with Gasteiger partial charge in [0.15, 0.2) is 18.7 Å². The van der Waals surface area contributed by atoms with Gasteiger partial charge in [-0.3, -0.25) is 4.79 Å². The number of hydrogen-bond acceptors (Lipinski definition) is 6. The highest BCUT2D eigenvalue weighted by Gasteiger charge is 2.27. The van der Waals surface area contributed by atoms with E-state index >= 15 is 0 Å². The summed E-state index contributed by atoms with van der Waals surface area (Å²) in [4.78, 5) is 46.0. The number of carbonyl (C=O) groups excluding carboxylic acids is 3. The van der Waals surface area contributed by atoms with Gasteiger partial charge in [-0.05, 0) is 12.8 Å². The molecule has 0 aliphatic rings. The molecule has 0 rings (SSSR count). The lowest BCUT2D eigenvalue weighted by molar-refractivity contribution is -0.409. The Bertz CT molecular complexity index is 557. The smallest absolute Gasteiger partial charge is 0.333 e. The molecule has 0 radical (unpaired) electrons. The molecule has 0 aliphatic heterocycles. The molecule has 1 amide bonds. The molecule has 0 aromatic heterocycles. The second-order valence-electron chi connectivity index (χ2n) is 5.21. The maximum Gasteiger partial charge on any atom is 0.333 e. The van der Waals surface area contributed by atoms with Gasteiger partial charge in [-0.2, -0.15) is 0 Å². The van der Waals surface area contributed by atoms with Crippen molar-refractivity contribution >= 4 is 23.8 Å². The van der Waals surface area contributed by atoms with Crippen LogP contribution in [0.25, 0.3) is 0 Å². The number of quaternary nitrogens is 1. The maximum absolute atomic E-state index is 11.9. The molecule has 0 spiro atoms. The van der Waals surface area contributed by atoms with Gasteiger partial charge in [0.05, 0.1) is 0 Å². The summed E-state index contributed by atoms with van der Waals surface area (Å²) in [6.45, 7) is 9.51. The number of esters is 2. The molecule has 0 aliphatic carbocycles. The van der Waals surface area contributed by atoms with Crippen molar-refractivity contribution in [2.24, 2.45) is 0 Å². The predicted molar refractivity (Wildman–Crippen MR) is 87.0 cm³/mol. The van der Waals surface area contributed by atoms with Gasteiger partial charge in [-0.25, -0.2) is 14.4 Å². The van der Waals surface area contributed by atoms with Gasteiger partial charge in [0.25, 0.3) is 5.91 Å². The lowest BCUT2D eigenvalue weighted by atomic mass is 10.2. The van der Waals surface area contributed by atoms with Crippen molar-refractivity contribution in [1.82, 2.24) is 5.32 Å². The molecule has 25 heavy (non-hydrogen) atoms. The fraction of sp³-hybridized carbons (Fsp3) is 0.500. The van der Waals surface area contributed by atoms with Gasteiger partial charge in [0, 0.05) is 11.1 Å². The van der Waals surface area contributed by atoms with Crippen LogP contribution in [0.5, 0.6) is 0 Å². The van der Waals surface area contributed by atoms with E-state index in [0.29, 0.717) is 12.8 Å². The van der Waals surface area contributed by atoms with E-state index in [2.05, 4.69) is 24.2 Å². The Balaban J connectivity index is 4.55. The number of amides is 1. The van der Waals surface area contributed by atoms with Crippen LogP contribution in [0.15, 0.2) is 24.3 Å². The van der Waals surface area contributed by atoms with Crippen LogP contribution < -0.4 is 11.1 Å². The fourth-order valence-corrected chi connectivity index (χ4v) is 1.37. The summed E-state index contributed by atoms with van der Waals surface area (Å²) in [5.74, 6) is -3.52. The number of ether oxygens (including phenoxy) is 2. The second-order valence-corrected chi connectivity index (χ2v) is 5.21. The normalized spacial score (nSPS) is 12.4. The summed E-state index contributed by atoms with van der Waals surface area (Å²) in [5.41, 5.74) is 3.95. The summed E-state index contributed by atoms with van der Waals surface area (Å²) in [6.07, 6.45) is 0.765. The number of carboxylic acid groups (broad SMARTS) is 1. The van der Waals surface area contributed by atoms with Crippen LogP contribution >= 0.6 is 0 Å². The molecule has 0 heterocycles. The predicted octanol–water partition coefficient (Wildman–Crippen LogP) is -0.815. The van der Waals surface area contributed by atoms with Gasteiger partial charge >= 0.3 is 17.9 Å². The zero-order valence-electron chi connectivity index (χ0n) is 14.5. The van der Waals surface area contributed by atoms with E-state index in [1.54, 1.807) is 13.8 Å².